The minimum absolute atomic E-state index is 0.268. The molecule has 1 aromatic heterocycles. The Kier molecular flexibility index (Phi) is 4.28. The largest absolute Gasteiger partial charge is 0.452 e. The Hall–Kier alpha value is -2.43. The molecule has 1 N–H and O–H groups in total. The van der Waals surface area contributed by atoms with Gasteiger partial charge in [0.05, 0.1) is 11.1 Å². The van der Waals surface area contributed by atoms with Gasteiger partial charge in [0.25, 0.3) is 5.91 Å². The Morgan fingerprint density at radius 3 is 2.91 bits per heavy atom. The Morgan fingerprint density at radius 2 is 2.13 bits per heavy atom. The number of likely N-dealkylation sites (N-methyl/N-ethyl adjacent to an activating group) is 1. The number of hydrogen-bond acceptors (Lipinski definition) is 4. The molecule has 1 heterocycles. The number of aryl methyl sites for hydroxylation is 1. The van der Waals surface area contributed by atoms with Crippen LogP contribution in [0.4, 0.5) is 0 Å². The van der Waals surface area contributed by atoms with Crippen LogP contribution in [0, 0.1) is 5.92 Å². The third-order valence-corrected chi connectivity index (χ3v) is 4.32. The molecule has 2 aromatic rings. The highest BCUT2D eigenvalue weighted by atomic mass is 16.5. The molecular formula is C18H20N2O3. The fourth-order valence-electron chi connectivity index (χ4n) is 3.07. The maximum absolute atomic E-state index is 12.6. The quantitative estimate of drug-likeness (QED) is 0.883. The molecule has 0 unspecified atom stereocenters. The van der Waals surface area contributed by atoms with Crippen molar-refractivity contribution in [1.82, 2.24) is 10.3 Å². The fourth-order valence-corrected chi connectivity index (χ4v) is 3.07. The van der Waals surface area contributed by atoms with Gasteiger partial charge in [-0.05, 0) is 36.8 Å². The lowest BCUT2D eigenvalue weighted by atomic mass is 9.84. The average Bonchev–Trinajstić information content (AvgIpc) is 2.57. The molecule has 3 rings (SSSR count). The molecule has 0 bridgehead atoms. The lowest BCUT2D eigenvalue weighted by Gasteiger charge is -2.24. The van der Waals surface area contributed by atoms with E-state index in [2.05, 4.69) is 12.2 Å². The van der Waals surface area contributed by atoms with E-state index in [1.165, 1.54) is 7.05 Å². The summed E-state index contributed by atoms with van der Waals surface area (Å²) in [6, 6.07) is 7.59. The molecule has 1 aromatic carbocycles. The van der Waals surface area contributed by atoms with Crippen molar-refractivity contribution in [2.24, 2.45) is 5.92 Å². The molecule has 1 atom stereocenters. The molecule has 5 heteroatoms. The van der Waals surface area contributed by atoms with Gasteiger partial charge in [0, 0.05) is 18.1 Å². The predicted octanol–water partition coefficient (Wildman–Crippen LogP) is 2.26. The van der Waals surface area contributed by atoms with Gasteiger partial charge in [-0.15, -0.1) is 0 Å². The first kappa shape index (κ1) is 15.5. The Morgan fingerprint density at radius 1 is 1.35 bits per heavy atom. The van der Waals surface area contributed by atoms with Crippen LogP contribution in [0.2, 0.25) is 0 Å². The maximum atomic E-state index is 12.6. The summed E-state index contributed by atoms with van der Waals surface area (Å²) in [7, 11) is 1.52. The monoisotopic (exact) mass is 312 g/mol. The third kappa shape index (κ3) is 3.04. The van der Waals surface area contributed by atoms with Crippen molar-refractivity contribution in [2.75, 3.05) is 13.7 Å². The number of para-hydroxylation sites is 1. The summed E-state index contributed by atoms with van der Waals surface area (Å²) in [5, 5.41) is 3.24. The van der Waals surface area contributed by atoms with Crippen molar-refractivity contribution in [1.29, 1.82) is 0 Å². The van der Waals surface area contributed by atoms with Crippen LogP contribution in [0.5, 0.6) is 0 Å². The summed E-state index contributed by atoms with van der Waals surface area (Å²) in [6.07, 6.45) is 2.76. The number of hydrogen-bond donors (Lipinski definition) is 1. The van der Waals surface area contributed by atoms with Crippen LogP contribution in [0.3, 0.4) is 0 Å². The van der Waals surface area contributed by atoms with E-state index in [1.54, 1.807) is 0 Å². The zero-order valence-electron chi connectivity index (χ0n) is 13.4. The second kappa shape index (κ2) is 6.36. The standard InChI is InChI=1S/C18H20N2O3/c1-11-7-8-15-13(9-11)17(18(22)23-10-16(21)19-2)12-5-3-4-6-14(12)20-15/h3-6,11H,7-10H2,1-2H3,(H,19,21)/t11-/m1/s1. The van der Waals surface area contributed by atoms with E-state index in [9.17, 15) is 9.59 Å². The zero-order valence-corrected chi connectivity index (χ0v) is 13.4. The number of nitrogens with one attached hydrogen (secondary N) is 1. The van der Waals surface area contributed by atoms with Crippen molar-refractivity contribution in [3.05, 3.63) is 41.1 Å². The van der Waals surface area contributed by atoms with E-state index in [1.807, 2.05) is 24.3 Å². The van der Waals surface area contributed by atoms with Crippen molar-refractivity contribution in [3.8, 4) is 0 Å². The minimum atomic E-state index is -0.447. The molecule has 0 saturated carbocycles. The van der Waals surface area contributed by atoms with Crippen molar-refractivity contribution in [3.63, 3.8) is 0 Å². The van der Waals surface area contributed by atoms with Crippen molar-refractivity contribution >= 4 is 22.8 Å². The number of aromatic nitrogens is 1. The summed E-state index contributed by atoms with van der Waals surface area (Å²) in [4.78, 5) is 28.7. The van der Waals surface area contributed by atoms with E-state index < -0.39 is 5.97 Å². The third-order valence-electron chi connectivity index (χ3n) is 4.32. The van der Waals surface area contributed by atoms with Gasteiger partial charge in [0.15, 0.2) is 6.61 Å². The molecule has 1 amide bonds. The molecule has 0 aliphatic heterocycles. The van der Waals surface area contributed by atoms with E-state index in [0.29, 0.717) is 11.5 Å². The number of benzene rings is 1. The van der Waals surface area contributed by atoms with E-state index in [4.69, 9.17) is 9.72 Å². The number of rotatable bonds is 3. The summed E-state index contributed by atoms with van der Waals surface area (Å²) in [5.74, 6) is -0.257. The van der Waals surface area contributed by atoms with Crippen LogP contribution < -0.4 is 5.32 Å². The zero-order chi connectivity index (χ0) is 16.4. The van der Waals surface area contributed by atoms with Crippen LogP contribution in [0.25, 0.3) is 10.9 Å². The molecule has 23 heavy (non-hydrogen) atoms. The number of fused-ring (bicyclic) bond motifs is 2. The second-order valence-electron chi connectivity index (χ2n) is 6.03. The number of pyridine rings is 1. The number of amides is 1. The van der Waals surface area contributed by atoms with Crippen molar-refractivity contribution in [2.45, 2.75) is 26.2 Å². The number of nitrogens with zero attached hydrogens (tertiary/aromatic N) is 1. The van der Waals surface area contributed by atoms with Crippen LogP contribution in [-0.2, 0) is 22.4 Å². The van der Waals surface area contributed by atoms with E-state index >= 15 is 0 Å². The normalized spacial score (nSPS) is 16.7. The summed E-state index contributed by atoms with van der Waals surface area (Å²) in [5.41, 5.74) is 3.33. The van der Waals surface area contributed by atoms with Crippen LogP contribution in [0.1, 0.15) is 35.0 Å². The first-order valence-corrected chi connectivity index (χ1v) is 7.88. The second-order valence-corrected chi connectivity index (χ2v) is 6.03. The highest BCUT2D eigenvalue weighted by Gasteiger charge is 2.26. The Balaban J connectivity index is 2.07. The van der Waals surface area contributed by atoms with Crippen LogP contribution >= 0.6 is 0 Å². The van der Waals surface area contributed by atoms with Gasteiger partial charge >= 0.3 is 5.97 Å². The highest BCUT2D eigenvalue weighted by Crippen LogP contribution is 2.31. The summed E-state index contributed by atoms with van der Waals surface area (Å²) < 4.78 is 5.21. The maximum Gasteiger partial charge on any atom is 0.339 e. The fraction of sp³-hybridized carbons (Fsp3) is 0.389. The van der Waals surface area contributed by atoms with Crippen molar-refractivity contribution < 1.29 is 14.3 Å². The highest BCUT2D eigenvalue weighted by molar-refractivity contribution is 6.05. The Labute approximate surface area is 135 Å². The lowest BCUT2D eigenvalue weighted by Crippen LogP contribution is -2.26. The first-order valence-electron chi connectivity index (χ1n) is 7.88. The summed E-state index contributed by atoms with van der Waals surface area (Å²) in [6.45, 7) is 1.91. The topological polar surface area (TPSA) is 68.3 Å². The predicted molar refractivity (Wildman–Crippen MR) is 87.3 cm³/mol. The molecule has 0 spiro atoms. The van der Waals surface area contributed by atoms with E-state index in [0.717, 1.165) is 41.4 Å². The average molecular weight is 312 g/mol. The molecule has 1 aliphatic rings. The van der Waals surface area contributed by atoms with Gasteiger partial charge in [0.2, 0.25) is 0 Å². The molecular weight excluding hydrogens is 292 g/mol. The molecule has 0 fully saturated rings. The van der Waals surface area contributed by atoms with Gasteiger partial charge in [-0.25, -0.2) is 4.79 Å². The lowest BCUT2D eigenvalue weighted by molar-refractivity contribution is -0.123. The number of carbonyl (C=O) groups excluding carboxylic acids is 2. The first-order chi connectivity index (χ1) is 11.1. The molecule has 5 nitrogen and oxygen atoms in total. The Bertz CT molecular complexity index is 770. The van der Waals surface area contributed by atoms with Crippen LogP contribution in [-0.4, -0.2) is 30.5 Å². The smallest absolute Gasteiger partial charge is 0.339 e. The number of ether oxygens (including phenoxy) is 1. The minimum Gasteiger partial charge on any atom is -0.452 e. The van der Waals surface area contributed by atoms with Gasteiger partial charge in [0.1, 0.15) is 0 Å². The van der Waals surface area contributed by atoms with Gasteiger partial charge in [-0.1, -0.05) is 25.1 Å². The van der Waals surface area contributed by atoms with Crippen LogP contribution in [0.15, 0.2) is 24.3 Å². The van der Waals surface area contributed by atoms with Gasteiger partial charge in [-0.3, -0.25) is 9.78 Å². The molecule has 1 aliphatic carbocycles. The van der Waals surface area contributed by atoms with Gasteiger partial charge in [-0.2, -0.15) is 0 Å². The number of esters is 1. The molecule has 0 saturated heterocycles. The molecule has 120 valence electrons. The number of carbonyl (C=O) groups is 2. The summed E-state index contributed by atoms with van der Waals surface area (Å²) >= 11 is 0. The van der Waals surface area contributed by atoms with E-state index in [-0.39, 0.29) is 12.5 Å². The van der Waals surface area contributed by atoms with Gasteiger partial charge < -0.3 is 10.1 Å². The molecule has 0 radical (unpaired) electrons. The SMILES string of the molecule is CNC(=O)COC(=O)c1c2c(nc3ccccc13)CC[C@@H](C)C2.